The minimum Gasteiger partial charge on any atom is -0.473 e. The van der Waals surface area contributed by atoms with Crippen LogP contribution in [0.1, 0.15) is 25.3 Å². The molecular formula is C21H30N4O7. The van der Waals surface area contributed by atoms with Gasteiger partial charge in [-0.15, -0.1) is 0 Å². The summed E-state index contributed by atoms with van der Waals surface area (Å²) in [6.07, 6.45) is 5.22. The van der Waals surface area contributed by atoms with Crippen LogP contribution in [-0.4, -0.2) is 99.7 Å². The van der Waals surface area contributed by atoms with E-state index in [1.165, 1.54) is 5.56 Å². The SMILES string of the molecule is CCOC(=O)N1CCN(C(=O)C2CCN(Cc3cccnc3)CC2)CC1.O=C(O)C(=O)O. The molecule has 3 rings (SSSR count). The fraction of sp³-hybridized carbons (Fsp3) is 0.571. The van der Waals surface area contributed by atoms with E-state index in [9.17, 15) is 9.59 Å². The van der Waals surface area contributed by atoms with Crippen molar-refractivity contribution in [2.24, 2.45) is 5.92 Å². The van der Waals surface area contributed by atoms with Crippen molar-refractivity contribution in [3.63, 3.8) is 0 Å². The molecule has 0 atom stereocenters. The van der Waals surface area contributed by atoms with Gasteiger partial charge in [0.05, 0.1) is 6.61 Å². The Bertz CT molecular complexity index is 762. The molecule has 1 aromatic rings. The number of aromatic nitrogens is 1. The van der Waals surface area contributed by atoms with E-state index in [0.717, 1.165) is 32.5 Å². The second-order valence-electron chi connectivity index (χ2n) is 7.53. The van der Waals surface area contributed by atoms with Crippen molar-refractivity contribution in [3.05, 3.63) is 30.1 Å². The van der Waals surface area contributed by atoms with Gasteiger partial charge in [0.15, 0.2) is 0 Å². The molecular weight excluding hydrogens is 420 g/mol. The van der Waals surface area contributed by atoms with Crippen LogP contribution < -0.4 is 0 Å². The number of ether oxygens (including phenoxy) is 1. The number of aliphatic carboxylic acids is 2. The third-order valence-electron chi connectivity index (χ3n) is 5.37. The third-order valence-corrected chi connectivity index (χ3v) is 5.37. The first-order valence-corrected chi connectivity index (χ1v) is 10.6. The van der Waals surface area contributed by atoms with Gasteiger partial charge in [0.1, 0.15) is 0 Å². The Kier molecular flexibility index (Phi) is 9.86. The number of carbonyl (C=O) groups excluding carboxylic acids is 2. The maximum absolute atomic E-state index is 12.8. The topological polar surface area (TPSA) is 141 Å². The maximum atomic E-state index is 12.8. The molecule has 0 radical (unpaired) electrons. The van der Waals surface area contributed by atoms with Crippen molar-refractivity contribution in [2.75, 3.05) is 45.9 Å². The molecule has 0 spiro atoms. The molecule has 32 heavy (non-hydrogen) atoms. The highest BCUT2D eigenvalue weighted by atomic mass is 16.6. The number of pyridine rings is 1. The van der Waals surface area contributed by atoms with E-state index in [-0.39, 0.29) is 17.9 Å². The number of piperazine rings is 1. The number of amides is 2. The van der Waals surface area contributed by atoms with Gasteiger partial charge in [-0.05, 0) is 44.5 Å². The van der Waals surface area contributed by atoms with Crippen LogP contribution in [0.15, 0.2) is 24.5 Å². The number of rotatable bonds is 4. The molecule has 0 unspecified atom stereocenters. The highest BCUT2D eigenvalue weighted by molar-refractivity contribution is 6.27. The van der Waals surface area contributed by atoms with Gasteiger partial charge in [-0.2, -0.15) is 0 Å². The Balaban J connectivity index is 0.000000534. The van der Waals surface area contributed by atoms with E-state index in [2.05, 4.69) is 16.0 Å². The van der Waals surface area contributed by atoms with E-state index in [1.807, 2.05) is 17.2 Å². The van der Waals surface area contributed by atoms with Crippen LogP contribution in [0.25, 0.3) is 0 Å². The fourth-order valence-electron chi connectivity index (χ4n) is 3.67. The summed E-state index contributed by atoms with van der Waals surface area (Å²) in [4.78, 5) is 52.9. The average Bonchev–Trinajstić information content (AvgIpc) is 2.80. The van der Waals surface area contributed by atoms with Gasteiger partial charge in [0, 0.05) is 51.0 Å². The van der Waals surface area contributed by atoms with Crippen molar-refractivity contribution in [2.45, 2.75) is 26.3 Å². The molecule has 0 aliphatic carbocycles. The van der Waals surface area contributed by atoms with Gasteiger partial charge < -0.3 is 24.7 Å². The smallest absolute Gasteiger partial charge is 0.414 e. The predicted molar refractivity (Wildman–Crippen MR) is 113 cm³/mol. The van der Waals surface area contributed by atoms with Crippen LogP contribution in [0.4, 0.5) is 4.79 Å². The number of hydrogen-bond acceptors (Lipinski definition) is 7. The molecule has 2 N–H and O–H groups in total. The minimum atomic E-state index is -1.82. The number of likely N-dealkylation sites (tertiary alicyclic amines) is 1. The van der Waals surface area contributed by atoms with Crippen LogP contribution in [0, 0.1) is 5.92 Å². The van der Waals surface area contributed by atoms with E-state index >= 15 is 0 Å². The first kappa shape index (κ1) is 25.1. The Morgan fingerprint density at radius 3 is 2.09 bits per heavy atom. The van der Waals surface area contributed by atoms with E-state index in [1.54, 1.807) is 18.0 Å². The van der Waals surface area contributed by atoms with Crippen molar-refractivity contribution in [1.82, 2.24) is 19.7 Å². The van der Waals surface area contributed by atoms with Gasteiger partial charge in [-0.3, -0.25) is 14.7 Å². The molecule has 11 nitrogen and oxygen atoms in total. The number of carboxylic acid groups (broad SMARTS) is 2. The van der Waals surface area contributed by atoms with Gasteiger partial charge >= 0.3 is 18.0 Å². The van der Waals surface area contributed by atoms with Crippen molar-refractivity contribution < 1.29 is 34.1 Å². The zero-order chi connectivity index (χ0) is 23.5. The summed E-state index contributed by atoms with van der Waals surface area (Å²) >= 11 is 0. The van der Waals surface area contributed by atoms with Gasteiger partial charge in [-0.25, -0.2) is 14.4 Å². The molecule has 2 saturated heterocycles. The summed E-state index contributed by atoms with van der Waals surface area (Å²) in [6.45, 7) is 7.29. The van der Waals surface area contributed by atoms with Crippen molar-refractivity contribution in [1.29, 1.82) is 0 Å². The highest BCUT2D eigenvalue weighted by Crippen LogP contribution is 2.22. The molecule has 2 aliphatic rings. The molecule has 11 heteroatoms. The lowest BCUT2D eigenvalue weighted by Gasteiger charge is -2.38. The molecule has 2 amide bonds. The standard InChI is InChI=1S/C19H28N4O3.C2H2O4/c1-2-26-19(25)23-12-10-22(11-13-23)18(24)17-5-8-21(9-6-17)15-16-4-3-7-20-14-16;3-1(4)2(5)6/h3-4,7,14,17H,2,5-6,8-13,15H2,1H3;(H,3,4)(H,5,6). The van der Waals surface area contributed by atoms with Gasteiger partial charge in [0.2, 0.25) is 5.91 Å². The number of hydrogen-bond donors (Lipinski definition) is 2. The normalized spacial score (nSPS) is 17.2. The Morgan fingerprint density at radius 2 is 1.59 bits per heavy atom. The number of carbonyl (C=O) groups is 4. The first-order chi connectivity index (χ1) is 15.3. The molecule has 2 aliphatic heterocycles. The summed E-state index contributed by atoms with van der Waals surface area (Å²) < 4.78 is 5.03. The summed E-state index contributed by atoms with van der Waals surface area (Å²) in [5.41, 5.74) is 1.22. The zero-order valence-corrected chi connectivity index (χ0v) is 18.2. The molecule has 3 heterocycles. The Labute approximate surface area is 186 Å². The number of piperidine rings is 1. The molecule has 0 bridgehead atoms. The highest BCUT2D eigenvalue weighted by Gasteiger charge is 2.31. The zero-order valence-electron chi connectivity index (χ0n) is 18.2. The second kappa shape index (κ2) is 12.6. The predicted octanol–water partition coefficient (Wildman–Crippen LogP) is 0.750. The number of carboxylic acids is 2. The molecule has 1 aromatic heterocycles. The quantitative estimate of drug-likeness (QED) is 0.636. The third kappa shape index (κ3) is 7.80. The van der Waals surface area contributed by atoms with Gasteiger partial charge in [0.25, 0.3) is 0 Å². The summed E-state index contributed by atoms with van der Waals surface area (Å²) in [6, 6.07) is 4.05. The van der Waals surface area contributed by atoms with Crippen LogP contribution >= 0.6 is 0 Å². The lowest BCUT2D eigenvalue weighted by Crippen LogP contribution is -2.53. The van der Waals surface area contributed by atoms with E-state index < -0.39 is 11.9 Å². The van der Waals surface area contributed by atoms with Gasteiger partial charge in [-0.1, -0.05) is 6.07 Å². The average molecular weight is 450 g/mol. The van der Waals surface area contributed by atoms with Crippen LogP contribution in [-0.2, 0) is 25.7 Å². The lowest BCUT2D eigenvalue weighted by atomic mass is 9.94. The molecule has 2 fully saturated rings. The summed E-state index contributed by atoms with van der Waals surface area (Å²) in [5, 5.41) is 14.8. The van der Waals surface area contributed by atoms with Crippen LogP contribution in [0.2, 0.25) is 0 Å². The van der Waals surface area contributed by atoms with Crippen LogP contribution in [0.3, 0.4) is 0 Å². The first-order valence-electron chi connectivity index (χ1n) is 10.6. The Hall–Kier alpha value is -3.21. The largest absolute Gasteiger partial charge is 0.473 e. The molecule has 0 saturated carbocycles. The second-order valence-corrected chi connectivity index (χ2v) is 7.53. The lowest BCUT2D eigenvalue weighted by molar-refractivity contribution is -0.159. The van der Waals surface area contributed by atoms with Crippen molar-refractivity contribution in [3.8, 4) is 0 Å². The summed E-state index contributed by atoms with van der Waals surface area (Å²) in [5.74, 6) is -3.30. The van der Waals surface area contributed by atoms with E-state index in [0.29, 0.717) is 32.8 Å². The molecule has 0 aromatic carbocycles. The minimum absolute atomic E-state index is 0.106. The molecule has 176 valence electrons. The van der Waals surface area contributed by atoms with E-state index in [4.69, 9.17) is 24.5 Å². The Morgan fingerprint density at radius 1 is 1.00 bits per heavy atom. The monoisotopic (exact) mass is 450 g/mol. The van der Waals surface area contributed by atoms with Crippen LogP contribution in [0.5, 0.6) is 0 Å². The summed E-state index contributed by atoms with van der Waals surface area (Å²) in [7, 11) is 0. The fourth-order valence-corrected chi connectivity index (χ4v) is 3.67. The maximum Gasteiger partial charge on any atom is 0.414 e. The number of nitrogens with zero attached hydrogens (tertiary/aromatic N) is 4. The van der Waals surface area contributed by atoms with Crippen molar-refractivity contribution >= 4 is 23.9 Å².